The molecule has 0 aliphatic carbocycles. The van der Waals surface area contributed by atoms with Crippen molar-refractivity contribution in [2.45, 2.75) is 31.7 Å². The molecule has 4 nitrogen and oxygen atoms in total. The smallest absolute Gasteiger partial charge is 0.128 e. The molecule has 1 rings (SSSR count). The minimum atomic E-state index is -0.755. The van der Waals surface area contributed by atoms with Crippen LogP contribution in [-0.2, 0) is 4.74 Å². The molecule has 0 aromatic carbocycles. The minimum Gasteiger partial charge on any atom is -0.389 e. The number of morpholine rings is 1. The molecule has 2 N–H and O–H groups in total. The van der Waals surface area contributed by atoms with E-state index in [1.807, 2.05) is 19.0 Å². The molecule has 2 atom stereocenters. The van der Waals surface area contributed by atoms with Gasteiger partial charge >= 0.3 is 0 Å². The lowest BCUT2D eigenvalue weighted by Crippen LogP contribution is -2.62. The Morgan fingerprint density at radius 1 is 1.46 bits per heavy atom. The summed E-state index contributed by atoms with van der Waals surface area (Å²) in [4.78, 5) is 1.98. The van der Waals surface area contributed by atoms with Gasteiger partial charge in [0.15, 0.2) is 0 Å². The number of rotatable bonds is 2. The van der Waals surface area contributed by atoms with Crippen LogP contribution in [0.2, 0.25) is 0 Å². The fourth-order valence-corrected chi connectivity index (χ4v) is 1.64. The first-order valence-electron chi connectivity index (χ1n) is 4.66. The second-order valence-corrected chi connectivity index (χ2v) is 4.31. The molecule has 1 saturated heterocycles. The van der Waals surface area contributed by atoms with Crippen LogP contribution in [0.4, 0.5) is 0 Å². The van der Waals surface area contributed by atoms with Gasteiger partial charge in [-0.1, -0.05) is 0 Å². The molecule has 0 amide bonds. The fourth-order valence-electron chi connectivity index (χ4n) is 1.64. The monoisotopic (exact) mass is 188 g/mol. The van der Waals surface area contributed by atoms with Crippen LogP contribution in [0.1, 0.15) is 13.8 Å². The van der Waals surface area contributed by atoms with Crippen molar-refractivity contribution < 1.29 is 9.84 Å². The van der Waals surface area contributed by atoms with Crippen LogP contribution in [0.15, 0.2) is 0 Å². The van der Waals surface area contributed by atoms with E-state index in [0.717, 1.165) is 6.54 Å². The van der Waals surface area contributed by atoms with Crippen LogP contribution in [0, 0.1) is 0 Å². The molecule has 0 bridgehead atoms. The summed E-state index contributed by atoms with van der Waals surface area (Å²) < 4.78 is 5.58. The van der Waals surface area contributed by atoms with Crippen LogP contribution in [0.25, 0.3) is 0 Å². The summed E-state index contributed by atoms with van der Waals surface area (Å²) in [6, 6.07) is -0.0313. The Hall–Kier alpha value is -0.160. The maximum absolute atomic E-state index is 9.89. The molecule has 78 valence electrons. The second-order valence-electron chi connectivity index (χ2n) is 4.31. The highest BCUT2D eigenvalue weighted by molar-refractivity contribution is 4.91. The van der Waals surface area contributed by atoms with Crippen molar-refractivity contribution in [1.82, 2.24) is 10.2 Å². The first kappa shape index (κ1) is 10.9. The number of ether oxygens (including phenoxy) is 1. The molecular formula is C9H20N2O2. The second kappa shape index (κ2) is 3.92. The largest absolute Gasteiger partial charge is 0.389 e. The average Bonchev–Trinajstić information content (AvgIpc) is 2.03. The van der Waals surface area contributed by atoms with Crippen molar-refractivity contribution in [2.24, 2.45) is 0 Å². The molecule has 0 aromatic heterocycles. The molecular weight excluding hydrogens is 168 g/mol. The first-order chi connectivity index (χ1) is 5.93. The minimum absolute atomic E-state index is 0.0313. The van der Waals surface area contributed by atoms with Gasteiger partial charge in [0.05, 0.1) is 18.2 Å². The number of nitrogens with zero attached hydrogens (tertiary/aromatic N) is 1. The van der Waals surface area contributed by atoms with Crippen LogP contribution in [0.5, 0.6) is 0 Å². The van der Waals surface area contributed by atoms with Crippen LogP contribution >= 0.6 is 0 Å². The van der Waals surface area contributed by atoms with E-state index in [2.05, 4.69) is 5.32 Å². The van der Waals surface area contributed by atoms with Crippen molar-refractivity contribution in [3.05, 3.63) is 0 Å². The molecule has 1 aliphatic heterocycles. The Balaban J connectivity index is 2.67. The van der Waals surface area contributed by atoms with Gasteiger partial charge in [0.2, 0.25) is 0 Å². The number of likely N-dealkylation sites (N-methyl/N-ethyl adjacent to an activating group) is 1. The summed E-state index contributed by atoms with van der Waals surface area (Å²) in [5.74, 6) is 0. The van der Waals surface area contributed by atoms with Crippen molar-refractivity contribution in [2.75, 3.05) is 27.2 Å². The molecule has 0 saturated carbocycles. The van der Waals surface area contributed by atoms with Gasteiger partial charge in [0.1, 0.15) is 6.23 Å². The summed E-state index contributed by atoms with van der Waals surface area (Å²) >= 11 is 0. The highest BCUT2D eigenvalue weighted by Crippen LogP contribution is 2.18. The Morgan fingerprint density at radius 2 is 2.08 bits per heavy atom. The number of nitrogens with one attached hydrogen (secondary N) is 1. The standard InChI is InChI=1S/C9H20N2O2/c1-9(2,12)7-8(11(3)4)13-6-5-10-7/h7-8,10,12H,5-6H2,1-4H3. The van der Waals surface area contributed by atoms with Crippen molar-refractivity contribution >= 4 is 0 Å². The van der Waals surface area contributed by atoms with E-state index in [1.54, 1.807) is 13.8 Å². The van der Waals surface area contributed by atoms with Crippen LogP contribution in [0.3, 0.4) is 0 Å². The van der Waals surface area contributed by atoms with E-state index in [1.165, 1.54) is 0 Å². The zero-order valence-electron chi connectivity index (χ0n) is 8.87. The van der Waals surface area contributed by atoms with E-state index in [9.17, 15) is 5.11 Å². The van der Waals surface area contributed by atoms with Gasteiger partial charge < -0.3 is 15.2 Å². The van der Waals surface area contributed by atoms with E-state index < -0.39 is 5.60 Å². The van der Waals surface area contributed by atoms with E-state index in [-0.39, 0.29) is 12.3 Å². The van der Waals surface area contributed by atoms with E-state index in [0.29, 0.717) is 6.61 Å². The van der Waals surface area contributed by atoms with Crippen molar-refractivity contribution in [1.29, 1.82) is 0 Å². The molecule has 1 fully saturated rings. The maximum atomic E-state index is 9.89. The third-order valence-electron chi connectivity index (χ3n) is 2.31. The summed E-state index contributed by atoms with van der Waals surface area (Å²) in [6.07, 6.45) is -0.0475. The van der Waals surface area contributed by atoms with Gasteiger partial charge in [0, 0.05) is 6.54 Å². The zero-order chi connectivity index (χ0) is 10.1. The Morgan fingerprint density at radius 3 is 2.46 bits per heavy atom. The topological polar surface area (TPSA) is 44.7 Å². The van der Waals surface area contributed by atoms with Crippen LogP contribution in [-0.4, -0.2) is 55.1 Å². The lowest BCUT2D eigenvalue weighted by Gasteiger charge is -2.42. The van der Waals surface area contributed by atoms with E-state index in [4.69, 9.17) is 4.74 Å². The molecule has 0 radical (unpaired) electrons. The fraction of sp³-hybridized carbons (Fsp3) is 1.00. The Kier molecular flexibility index (Phi) is 3.29. The molecule has 1 heterocycles. The van der Waals surface area contributed by atoms with Crippen molar-refractivity contribution in [3.63, 3.8) is 0 Å². The van der Waals surface area contributed by atoms with Crippen LogP contribution < -0.4 is 5.32 Å². The predicted molar refractivity (Wildman–Crippen MR) is 51.5 cm³/mol. The molecule has 0 aromatic rings. The van der Waals surface area contributed by atoms with Gasteiger partial charge in [-0.25, -0.2) is 0 Å². The average molecular weight is 188 g/mol. The predicted octanol–water partition coefficient (Wildman–Crippen LogP) is -0.367. The number of hydrogen-bond donors (Lipinski definition) is 2. The number of aliphatic hydroxyl groups is 1. The van der Waals surface area contributed by atoms with Gasteiger partial charge in [-0.3, -0.25) is 4.90 Å². The third kappa shape index (κ3) is 2.64. The van der Waals surface area contributed by atoms with E-state index >= 15 is 0 Å². The molecule has 4 heteroatoms. The van der Waals surface area contributed by atoms with Gasteiger partial charge in [-0.2, -0.15) is 0 Å². The van der Waals surface area contributed by atoms with Gasteiger partial charge in [-0.05, 0) is 27.9 Å². The Labute approximate surface area is 79.9 Å². The number of hydrogen-bond acceptors (Lipinski definition) is 4. The molecule has 1 aliphatic rings. The third-order valence-corrected chi connectivity index (χ3v) is 2.31. The molecule has 0 spiro atoms. The molecule has 13 heavy (non-hydrogen) atoms. The van der Waals surface area contributed by atoms with Crippen molar-refractivity contribution in [3.8, 4) is 0 Å². The summed E-state index contributed by atoms with van der Waals surface area (Å²) in [5, 5.41) is 13.2. The Bertz CT molecular complexity index is 165. The SMILES string of the molecule is CN(C)C1OCCNC1C(C)(C)O. The molecule has 2 unspecified atom stereocenters. The normalized spacial score (nSPS) is 30.9. The van der Waals surface area contributed by atoms with Gasteiger partial charge in [-0.15, -0.1) is 0 Å². The van der Waals surface area contributed by atoms with Gasteiger partial charge in [0.25, 0.3) is 0 Å². The highest BCUT2D eigenvalue weighted by atomic mass is 16.5. The summed E-state index contributed by atoms with van der Waals surface area (Å²) in [5.41, 5.74) is -0.755. The highest BCUT2D eigenvalue weighted by Gasteiger charge is 2.37. The summed E-state index contributed by atoms with van der Waals surface area (Å²) in [6.45, 7) is 5.11. The first-order valence-corrected chi connectivity index (χ1v) is 4.66. The maximum Gasteiger partial charge on any atom is 0.128 e. The summed E-state index contributed by atoms with van der Waals surface area (Å²) in [7, 11) is 3.91. The lowest BCUT2D eigenvalue weighted by atomic mass is 9.96. The lowest BCUT2D eigenvalue weighted by molar-refractivity contribution is -0.131. The quantitative estimate of drug-likeness (QED) is 0.621. The zero-order valence-corrected chi connectivity index (χ0v) is 8.87.